The zero-order valence-corrected chi connectivity index (χ0v) is 12.8. The number of carbonyl (C=O) groups is 1. The number of carbonyl (C=O) groups excluding carboxylic acids is 1. The van der Waals surface area contributed by atoms with Crippen LogP contribution in [0.5, 0.6) is 5.75 Å². The lowest BCUT2D eigenvalue weighted by atomic mass is 10.1. The van der Waals surface area contributed by atoms with Crippen molar-refractivity contribution in [2.75, 3.05) is 6.61 Å². The van der Waals surface area contributed by atoms with Gasteiger partial charge in [-0.05, 0) is 57.0 Å². The van der Waals surface area contributed by atoms with E-state index in [0.29, 0.717) is 19.4 Å². The Kier molecular flexibility index (Phi) is 7.36. The molecule has 0 fully saturated rings. The molecule has 0 bridgehead atoms. The summed E-state index contributed by atoms with van der Waals surface area (Å²) < 4.78 is 5.60. The molecule has 0 aliphatic rings. The molecule has 5 nitrogen and oxygen atoms in total. The molecule has 0 saturated carbocycles. The van der Waals surface area contributed by atoms with Crippen LogP contribution in [-0.2, 0) is 4.79 Å². The predicted octanol–water partition coefficient (Wildman–Crippen LogP) is 1.77. The number of rotatable bonds is 8. The van der Waals surface area contributed by atoms with Gasteiger partial charge in [-0.15, -0.1) is 0 Å². The molecule has 0 aliphatic carbocycles. The van der Waals surface area contributed by atoms with E-state index in [2.05, 4.69) is 15.8 Å². The quantitative estimate of drug-likeness (QED) is 0.331. The highest BCUT2D eigenvalue weighted by atomic mass is 16.5. The van der Waals surface area contributed by atoms with E-state index in [1.807, 2.05) is 45.0 Å². The van der Waals surface area contributed by atoms with Crippen LogP contribution in [0, 0.1) is 0 Å². The molecule has 1 rings (SSSR count). The largest absolute Gasteiger partial charge is 0.494 e. The molecule has 1 aromatic carbocycles. The van der Waals surface area contributed by atoms with Crippen molar-refractivity contribution >= 4 is 19.6 Å². The zero-order chi connectivity index (χ0) is 15.7. The highest BCUT2D eigenvalue weighted by Crippen LogP contribution is 2.13. The molecule has 0 aromatic heterocycles. The summed E-state index contributed by atoms with van der Waals surface area (Å²) in [6, 6.07) is 7.75. The summed E-state index contributed by atoms with van der Waals surface area (Å²) in [6.07, 6.45) is 1.17. The highest BCUT2D eigenvalue weighted by Gasteiger charge is 2.03. The van der Waals surface area contributed by atoms with Crippen molar-refractivity contribution < 1.29 is 9.53 Å². The first-order valence-electron chi connectivity index (χ1n) is 7.05. The number of nitrogens with zero attached hydrogens (tertiary/aromatic N) is 1. The Balaban J connectivity index is 2.33. The van der Waals surface area contributed by atoms with Gasteiger partial charge >= 0.3 is 0 Å². The second-order valence-corrected chi connectivity index (χ2v) is 5.02. The Morgan fingerprint density at radius 3 is 2.57 bits per heavy atom. The van der Waals surface area contributed by atoms with Crippen molar-refractivity contribution in [1.82, 2.24) is 10.7 Å². The average molecular weight is 287 g/mol. The van der Waals surface area contributed by atoms with Crippen molar-refractivity contribution in [2.45, 2.75) is 39.7 Å². The Bertz CT molecular complexity index is 472. The van der Waals surface area contributed by atoms with Gasteiger partial charge in [0, 0.05) is 12.5 Å². The minimum absolute atomic E-state index is 0.0602. The van der Waals surface area contributed by atoms with Gasteiger partial charge in [0.15, 0.2) is 0 Å². The van der Waals surface area contributed by atoms with Crippen molar-refractivity contribution in [3.63, 3.8) is 0 Å². The van der Waals surface area contributed by atoms with Crippen LogP contribution < -0.4 is 15.4 Å². The fourth-order valence-electron chi connectivity index (χ4n) is 1.77. The zero-order valence-electron chi connectivity index (χ0n) is 12.8. The molecule has 0 atom stereocenters. The molecule has 0 aliphatic heterocycles. The van der Waals surface area contributed by atoms with E-state index in [1.165, 1.54) is 0 Å². The molecule has 0 unspecified atom stereocenters. The summed E-state index contributed by atoms with van der Waals surface area (Å²) >= 11 is 0. The molecular weight excluding hydrogens is 265 g/mol. The summed E-state index contributed by atoms with van der Waals surface area (Å²) in [5.41, 5.74) is 1.77. The summed E-state index contributed by atoms with van der Waals surface area (Å²) in [7, 11) is 5.14. The van der Waals surface area contributed by atoms with Crippen LogP contribution in [0.4, 0.5) is 0 Å². The molecule has 0 spiro atoms. The fraction of sp³-hybridized carbons (Fsp3) is 0.467. The van der Waals surface area contributed by atoms with Gasteiger partial charge in [-0.3, -0.25) is 4.79 Å². The first-order chi connectivity index (χ1) is 10.0. The Morgan fingerprint density at radius 2 is 2.00 bits per heavy atom. The summed E-state index contributed by atoms with van der Waals surface area (Å²) in [4.78, 5) is 11.4. The van der Waals surface area contributed by atoms with E-state index in [1.54, 1.807) is 0 Å². The maximum absolute atomic E-state index is 11.4. The monoisotopic (exact) mass is 287 g/mol. The molecule has 2 N–H and O–H groups in total. The first kappa shape index (κ1) is 17.1. The van der Waals surface area contributed by atoms with Gasteiger partial charge in [0.1, 0.15) is 5.75 Å². The van der Waals surface area contributed by atoms with E-state index < -0.39 is 0 Å². The molecular formula is C15H22BN3O2. The topological polar surface area (TPSA) is 62.7 Å². The van der Waals surface area contributed by atoms with Crippen molar-refractivity contribution in [1.29, 1.82) is 0 Å². The smallest absolute Gasteiger partial charge is 0.251 e. The van der Waals surface area contributed by atoms with Gasteiger partial charge in [0.25, 0.3) is 7.98 Å². The third-order valence-corrected chi connectivity index (χ3v) is 2.77. The van der Waals surface area contributed by atoms with E-state index in [4.69, 9.17) is 12.7 Å². The van der Waals surface area contributed by atoms with Crippen LogP contribution in [0.3, 0.4) is 0 Å². The maximum Gasteiger partial charge on any atom is 0.251 e. The van der Waals surface area contributed by atoms with E-state index in [-0.39, 0.29) is 11.9 Å². The SMILES string of the molecule is [B]N/N=C(\C)c1ccc(OCCCC(=O)NC(C)C)cc1. The van der Waals surface area contributed by atoms with Crippen LogP contribution >= 0.6 is 0 Å². The normalized spacial score (nSPS) is 11.3. The molecule has 0 heterocycles. The van der Waals surface area contributed by atoms with Crippen molar-refractivity contribution in [2.24, 2.45) is 5.10 Å². The van der Waals surface area contributed by atoms with Crippen LogP contribution in [0.15, 0.2) is 29.4 Å². The lowest BCUT2D eigenvalue weighted by molar-refractivity contribution is -0.121. The number of ether oxygens (including phenoxy) is 1. The van der Waals surface area contributed by atoms with Gasteiger partial charge in [-0.2, -0.15) is 5.10 Å². The minimum atomic E-state index is 0.0602. The second-order valence-electron chi connectivity index (χ2n) is 5.02. The lowest BCUT2D eigenvalue weighted by Gasteiger charge is -2.09. The van der Waals surface area contributed by atoms with Crippen LogP contribution in [0.25, 0.3) is 0 Å². The van der Waals surface area contributed by atoms with Crippen LogP contribution in [0.2, 0.25) is 0 Å². The first-order valence-corrected chi connectivity index (χ1v) is 7.05. The highest BCUT2D eigenvalue weighted by molar-refractivity contribution is 6.06. The summed E-state index contributed by atoms with van der Waals surface area (Å²) in [6.45, 7) is 6.27. The van der Waals surface area contributed by atoms with Gasteiger partial charge in [0.2, 0.25) is 5.91 Å². The lowest BCUT2D eigenvalue weighted by Crippen LogP contribution is -2.30. The number of benzene rings is 1. The third-order valence-electron chi connectivity index (χ3n) is 2.77. The van der Waals surface area contributed by atoms with Gasteiger partial charge in [0.05, 0.1) is 12.3 Å². The summed E-state index contributed by atoms with van der Waals surface area (Å²) in [5, 5.41) is 9.02. The number of amides is 1. The molecule has 21 heavy (non-hydrogen) atoms. The van der Waals surface area contributed by atoms with Crippen molar-refractivity contribution in [3.8, 4) is 5.75 Å². The fourth-order valence-corrected chi connectivity index (χ4v) is 1.77. The molecule has 6 heteroatoms. The molecule has 2 radical (unpaired) electrons. The molecule has 1 amide bonds. The molecule has 0 saturated heterocycles. The Morgan fingerprint density at radius 1 is 1.33 bits per heavy atom. The molecule has 112 valence electrons. The van der Waals surface area contributed by atoms with Gasteiger partial charge in [-0.25, -0.2) is 0 Å². The Hall–Kier alpha value is -1.98. The third kappa shape index (κ3) is 6.83. The predicted molar refractivity (Wildman–Crippen MR) is 85.6 cm³/mol. The Labute approximate surface area is 127 Å². The maximum atomic E-state index is 11.4. The second kappa shape index (κ2) is 9.05. The van der Waals surface area contributed by atoms with E-state index in [9.17, 15) is 4.79 Å². The summed E-state index contributed by atoms with van der Waals surface area (Å²) in [5.74, 6) is 0.835. The van der Waals surface area contributed by atoms with Crippen LogP contribution in [0.1, 0.15) is 39.2 Å². The minimum Gasteiger partial charge on any atom is -0.494 e. The van der Waals surface area contributed by atoms with E-state index in [0.717, 1.165) is 17.0 Å². The van der Waals surface area contributed by atoms with Gasteiger partial charge in [-0.1, -0.05) is 0 Å². The number of hydrazone groups is 1. The number of nitrogens with one attached hydrogen (secondary N) is 2. The number of hydrogen-bond donors (Lipinski definition) is 2. The van der Waals surface area contributed by atoms with E-state index >= 15 is 0 Å². The standard InChI is InChI=1S/C15H22BN3O2/c1-11(2)17-15(20)5-4-10-21-14-8-6-13(7-9-14)12(3)18-19-16/h6-9,11,19H,4-5,10H2,1-3H3,(H,17,20)/b18-12+. The molecule has 1 aromatic rings. The van der Waals surface area contributed by atoms with Gasteiger partial charge < -0.3 is 15.4 Å². The average Bonchev–Trinajstić information content (AvgIpc) is 2.44. The van der Waals surface area contributed by atoms with Crippen molar-refractivity contribution in [3.05, 3.63) is 29.8 Å². The number of hydrogen-bond acceptors (Lipinski definition) is 4. The van der Waals surface area contributed by atoms with Crippen LogP contribution in [-0.4, -0.2) is 32.2 Å².